The molecule has 0 aliphatic carbocycles. The van der Waals surface area contributed by atoms with Gasteiger partial charge in [0, 0.05) is 26.2 Å². The minimum atomic E-state index is -3.79. The van der Waals surface area contributed by atoms with Crippen molar-refractivity contribution < 1.29 is 23.1 Å². The van der Waals surface area contributed by atoms with E-state index >= 15 is 0 Å². The molecule has 1 heterocycles. The van der Waals surface area contributed by atoms with Crippen LogP contribution in [0.5, 0.6) is 0 Å². The van der Waals surface area contributed by atoms with Gasteiger partial charge in [0.15, 0.2) is 0 Å². The molecule has 31 heavy (non-hydrogen) atoms. The zero-order valence-electron chi connectivity index (χ0n) is 16.8. The van der Waals surface area contributed by atoms with Crippen molar-refractivity contribution in [2.75, 3.05) is 26.2 Å². The van der Waals surface area contributed by atoms with Crippen LogP contribution in [0.3, 0.4) is 0 Å². The van der Waals surface area contributed by atoms with E-state index in [1.807, 2.05) is 0 Å². The van der Waals surface area contributed by atoms with Crippen LogP contribution in [-0.4, -0.2) is 60.8 Å². The molecule has 0 aromatic heterocycles. The van der Waals surface area contributed by atoms with E-state index in [0.717, 1.165) is 5.56 Å². The second kappa shape index (κ2) is 9.56. The molecule has 1 fully saturated rings. The van der Waals surface area contributed by atoms with E-state index in [2.05, 4.69) is 0 Å². The van der Waals surface area contributed by atoms with E-state index in [1.54, 1.807) is 36.1 Å². The number of rotatable bonds is 6. The Hall–Kier alpha value is -2.13. The van der Waals surface area contributed by atoms with Gasteiger partial charge in [-0.1, -0.05) is 35.3 Å². The van der Waals surface area contributed by atoms with Gasteiger partial charge in [-0.05, 0) is 47.9 Å². The van der Waals surface area contributed by atoms with Gasteiger partial charge in [0.1, 0.15) is 0 Å². The van der Waals surface area contributed by atoms with Crippen LogP contribution < -0.4 is 0 Å². The summed E-state index contributed by atoms with van der Waals surface area (Å²) in [5.41, 5.74) is 1.84. The van der Waals surface area contributed by atoms with Gasteiger partial charge in [-0.2, -0.15) is 4.31 Å². The predicted octanol–water partition coefficient (Wildman–Crippen LogP) is 3.00. The number of amides is 1. The van der Waals surface area contributed by atoms with E-state index in [9.17, 15) is 18.0 Å². The summed E-state index contributed by atoms with van der Waals surface area (Å²) in [7, 11) is -3.79. The van der Waals surface area contributed by atoms with Gasteiger partial charge in [-0.15, -0.1) is 0 Å². The molecule has 10 heteroatoms. The molecule has 1 saturated heterocycles. The lowest BCUT2D eigenvalue weighted by Crippen LogP contribution is -2.50. The van der Waals surface area contributed by atoms with E-state index in [4.69, 9.17) is 28.3 Å². The Morgan fingerprint density at radius 3 is 2.23 bits per heavy atom. The molecule has 0 unspecified atom stereocenters. The Labute approximate surface area is 191 Å². The fraction of sp³-hybridized carbons (Fsp3) is 0.333. The Kier molecular flexibility index (Phi) is 7.26. The third kappa shape index (κ3) is 5.77. The first-order valence-corrected chi connectivity index (χ1v) is 11.8. The predicted molar refractivity (Wildman–Crippen MR) is 118 cm³/mol. The highest BCUT2D eigenvalue weighted by molar-refractivity contribution is 7.89. The first-order valence-electron chi connectivity index (χ1n) is 9.60. The molecular weight excluding hydrogens is 463 g/mol. The SMILES string of the molecule is Cc1cc(CC(=O)O)cc(S(=O)(=O)N2CCN(C(=O)Cc3ccc(Cl)c(Cl)c3)CC2)c1. The molecule has 3 rings (SSSR count). The molecule has 1 N–H and O–H groups in total. The quantitative estimate of drug-likeness (QED) is 0.679. The highest BCUT2D eigenvalue weighted by Crippen LogP contribution is 2.24. The highest BCUT2D eigenvalue weighted by atomic mass is 35.5. The van der Waals surface area contributed by atoms with Gasteiger partial charge in [0.05, 0.1) is 27.8 Å². The summed E-state index contributed by atoms with van der Waals surface area (Å²) in [5, 5.41) is 9.80. The fourth-order valence-corrected chi connectivity index (χ4v) is 5.41. The van der Waals surface area contributed by atoms with Crippen molar-refractivity contribution in [2.24, 2.45) is 0 Å². The number of sulfonamides is 1. The second-order valence-electron chi connectivity index (χ2n) is 7.43. The summed E-state index contributed by atoms with van der Waals surface area (Å²) in [5.74, 6) is -1.14. The topological polar surface area (TPSA) is 95.0 Å². The fourth-order valence-electron chi connectivity index (χ4n) is 3.51. The minimum absolute atomic E-state index is 0.0688. The van der Waals surface area contributed by atoms with Gasteiger partial charge in [0.25, 0.3) is 0 Å². The van der Waals surface area contributed by atoms with Crippen molar-refractivity contribution >= 4 is 45.1 Å². The molecule has 1 aliphatic heterocycles. The molecule has 2 aromatic rings. The second-order valence-corrected chi connectivity index (χ2v) is 10.2. The smallest absolute Gasteiger partial charge is 0.307 e. The number of nitrogens with zero attached hydrogens (tertiary/aromatic N) is 2. The average molecular weight is 485 g/mol. The number of carbonyl (C=O) groups excluding carboxylic acids is 1. The minimum Gasteiger partial charge on any atom is -0.481 e. The van der Waals surface area contributed by atoms with E-state index in [1.165, 1.54) is 16.4 Å². The number of halogens is 2. The van der Waals surface area contributed by atoms with Crippen LogP contribution >= 0.6 is 23.2 Å². The standard InChI is InChI=1S/C21H22Cl2N2O5S/c1-14-8-16(13-21(27)28)10-17(9-14)31(29,30)25-6-4-24(5-7-25)20(26)12-15-2-3-18(22)19(23)11-15/h2-3,8-11H,4-7,12-13H2,1H3,(H,27,28). The van der Waals surface area contributed by atoms with Gasteiger partial charge in [-0.25, -0.2) is 8.42 Å². The lowest BCUT2D eigenvalue weighted by atomic mass is 10.1. The zero-order valence-corrected chi connectivity index (χ0v) is 19.2. The first-order chi connectivity index (χ1) is 14.6. The van der Waals surface area contributed by atoms with Crippen LogP contribution in [0.25, 0.3) is 0 Å². The molecule has 1 aliphatic rings. The van der Waals surface area contributed by atoms with E-state index in [-0.39, 0.29) is 49.8 Å². The van der Waals surface area contributed by atoms with Crippen LogP contribution in [0.2, 0.25) is 10.0 Å². The Morgan fingerprint density at radius 2 is 1.61 bits per heavy atom. The number of carboxylic acid groups (broad SMARTS) is 1. The number of carboxylic acids is 1. The lowest BCUT2D eigenvalue weighted by Gasteiger charge is -2.34. The molecule has 1 amide bonds. The summed E-state index contributed by atoms with van der Waals surface area (Å²) >= 11 is 11.9. The number of hydrogen-bond donors (Lipinski definition) is 1. The van der Waals surface area contributed by atoms with Crippen molar-refractivity contribution in [3.8, 4) is 0 Å². The molecule has 0 spiro atoms. The molecule has 166 valence electrons. The van der Waals surface area contributed by atoms with Crippen molar-refractivity contribution in [3.05, 3.63) is 63.1 Å². The van der Waals surface area contributed by atoms with Crippen molar-refractivity contribution in [3.63, 3.8) is 0 Å². The van der Waals surface area contributed by atoms with Crippen molar-refractivity contribution in [1.29, 1.82) is 0 Å². The molecule has 0 radical (unpaired) electrons. The number of hydrogen-bond acceptors (Lipinski definition) is 4. The molecular formula is C21H22Cl2N2O5S. The number of aryl methyl sites for hydroxylation is 1. The molecule has 0 saturated carbocycles. The molecule has 2 aromatic carbocycles. The average Bonchev–Trinajstić information content (AvgIpc) is 2.70. The number of benzene rings is 2. The number of piperazine rings is 1. The maximum Gasteiger partial charge on any atom is 0.307 e. The summed E-state index contributed by atoms with van der Waals surface area (Å²) < 4.78 is 27.5. The number of carbonyl (C=O) groups is 2. The summed E-state index contributed by atoms with van der Waals surface area (Å²) in [6.45, 7) is 2.60. The summed E-state index contributed by atoms with van der Waals surface area (Å²) in [4.78, 5) is 25.3. The van der Waals surface area contributed by atoms with Crippen LogP contribution in [0.4, 0.5) is 0 Å². The lowest BCUT2D eigenvalue weighted by molar-refractivity contribution is -0.136. The monoisotopic (exact) mass is 484 g/mol. The largest absolute Gasteiger partial charge is 0.481 e. The van der Waals surface area contributed by atoms with Crippen LogP contribution in [-0.2, 0) is 32.5 Å². The molecule has 7 nitrogen and oxygen atoms in total. The Balaban J connectivity index is 1.67. The summed E-state index contributed by atoms with van der Waals surface area (Å²) in [6, 6.07) is 9.61. The Bertz CT molecular complexity index is 1110. The van der Waals surface area contributed by atoms with E-state index < -0.39 is 16.0 Å². The highest BCUT2D eigenvalue weighted by Gasteiger charge is 2.30. The molecule has 0 bridgehead atoms. The zero-order chi connectivity index (χ0) is 22.8. The molecule has 0 atom stereocenters. The van der Waals surface area contributed by atoms with Crippen LogP contribution in [0.1, 0.15) is 16.7 Å². The maximum absolute atomic E-state index is 13.1. The maximum atomic E-state index is 13.1. The van der Waals surface area contributed by atoms with Crippen molar-refractivity contribution in [2.45, 2.75) is 24.7 Å². The van der Waals surface area contributed by atoms with Crippen LogP contribution in [0, 0.1) is 6.92 Å². The van der Waals surface area contributed by atoms with Gasteiger partial charge >= 0.3 is 5.97 Å². The van der Waals surface area contributed by atoms with Gasteiger partial charge in [-0.3, -0.25) is 9.59 Å². The number of aliphatic carboxylic acids is 1. The normalized spacial score (nSPS) is 15.1. The van der Waals surface area contributed by atoms with Crippen molar-refractivity contribution in [1.82, 2.24) is 9.21 Å². The third-order valence-electron chi connectivity index (χ3n) is 5.03. The van der Waals surface area contributed by atoms with Gasteiger partial charge < -0.3 is 10.0 Å². The van der Waals surface area contributed by atoms with E-state index in [0.29, 0.717) is 21.2 Å². The van der Waals surface area contributed by atoms with Gasteiger partial charge in [0.2, 0.25) is 15.9 Å². The Morgan fingerprint density at radius 1 is 0.935 bits per heavy atom. The van der Waals surface area contributed by atoms with Crippen LogP contribution in [0.15, 0.2) is 41.3 Å². The summed E-state index contributed by atoms with van der Waals surface area (Å²) in [6.07, 6.45) is -0.0960. The third-order valence-corrected chi connectivity index (χ3v) is 7.65. The first kappa shape index (κ1) is 23.5.